The van der Waals surface area contributed by atoms with Gasteiger partial charge in [-0.1, -0.05) is 0 Å². The number of urea groups is 1. The minimum absolute atomic E-state index is 0.0234. The number of nitrogens with zero attached hydrogens (tertiary/aromatic N) is 4. The number of alkyl halides is 3. The van der Waals surface area contributed by atoms with Crippen molar-refractivity contribution in [3.8, 4) is 0 Å². The van der Waals surface area contributed by atoms with E-state index < -0.39 is 27.6 Å². The summed E-state index contributed by atoms with van der Waals surface area (Å²) < 4.78 is 62.9. The molecule has 1 aromatic carbocycles. The van der Waals surface area contributed by atoms with Gasteiger partial charge < -0.3 is 20.9 Å². The van der Waals surface area contributed by atoms with Crippen LogP contribution in [0.25, 0.3) is 0 Å². The smallest absolute Gasteiger partial charge is 0.399 e. The van der Waals surface area contributed by atoms with Crippen LogP contribution in [0.15, 0.2) is 18.2 Å². The summed E-state index contributed by atoms with van der Waals surface area (Å²) >= 11 is 6.06. The second-order valence-electron chi connectivity index (χ2n) is 8.30. The number of aromatic nitrogens is 2. The van der Waals surface area contributed by atoms with E-state index in [1.54, 1.807) is 6.92 Å². The van der Waals surface area contributed by atoms with Crippen LogP contribution in [0.2, 0.25) is 5.28 Å². The van der Waals surface area contributed by atoms with Crippen molar-refractivity contribution in [1.82, 2.24) is 19.8 Å². The first kappa shape index (κ1) is 24.3. The fourth-order valence-electron chi connectivity index (χ4n) is 3.96. The van der Waals surface area contributed by atoms with Crippen LogP contribution in [0.4, 0.5) is 29.5 Å². The number of hydrogen-bond acceptors (Lipinski definition) is 7. The lowest BCUT2D eigenvalue weighted by Gasteiger charge is -2.30. The lowest BCUT2D eigenvalue weighted by Crippen LogP contribution is -2.48. The number of sulfone groups is 1. The molecular formula is C20H22ClF3N6O3S. The van der Waals surface area contributed by atoms with E-state index in [9.17, 15) is 26.4 Å². The van der Waals surface area contributed by atoms with Crippen molar-refractivity contribution in [1.29, 1.82) is 0 Å². The average Bonchev–Trinajstić information content (AvgIpc) is 3.16. The number of anilines is 2. The number of nitrogens with two attached hydrogens (primary N) is 1. The molecule has 1 fully saturated rings. The van der Waals surface area contributed by atoms with Crippen LogP contribution in [0.1, 0.15) is 35.3 Å². The number of nitrogens with one attached hydrogen (secondary N) is 1. The minimum atomic E-state index is -4.54. The number of hydrogen-bond donors (Lipinski definition) is 2. The Bertz CT molecular complexity index is 1230. The molecule has 0 aliphatic carbocycles. The Labute approximate surface area is 199 Å². The van der Waals surface area contributed by atoms with Gasteiger partial charge in [0.1, 0.15) is 5.82 Å². The van der Waals surface area contributed by atoms with Crippen molar-refractivity contribution in [2.75, 3.05) is 35.6 Å². The first-order chi connectivity index (χ1) is 15.8. The van der Waals surface area contributed by atoms with Crippen molar-refractivity contribution in [2.45, 2.75) is 32.2 Å². The molecule has 14 heteroatoms. The van der Waals surface area contributed by atoms with Gasteiger partial charge in [0, 0.05) is 24.3 Å². The second kappa shape index (κ2) is 8.77. The minimum Gasteiger partial charge on any atom is -0.399 e. The summed E-state index contributed by atoms with van der Waals surface area (Å²) in [5.74, 6) is 0.126. The first-order valence-corrected chi connectivity index (χ1v) is 12.6. The van der Waals surface area contributed by atoms with Crippen LogP contribution in [0, 0.1) is 0 Å². The molecule has 184 valence electrons. The van der Waals surface area contributed by atoms with Crippen LogP contribution in [0.5, 0.6) is 0 Å². The monoisotopic (exact) mass is 518 g/mol. The molecule has 9 nitrogen and oxygen atoms in total. The van der Waals surface area contributed by atoms with Gasteiger partial charge in [-0.2, -0.15) is 13.2 Å². The molecule has 0 saturated carbocycles. The van der Waals surface area contributed by atoms with Gasteiger partial charge in [-0.15, -0.1) is 0 Å². The summed E-state index contributed by atoms with van der Waals surface area (Å²) in [6, 6.07) is 2.38. The standard InChI is InChI=1S/C20H22ClF3N6O3S/c1-11(12-6-13(20(22,23)24)8-14(25)7-12)26-17-15-9-30(10-16(15)27-18(21)28-17)19(31)29-2-4-34(32,33)5-3-29/h6-8,11H,2-5,9-10,25H2,1H3,(H,26,27,28)/t11-/m1/s1. The van der Waals surface area contributed by atoms with E-state index in [4.69, 9.17) is 17.3 Å². The maximum atomic E-state index is 13.2. The Morgan fingerprint density at radius 2 is 1.82 bits per heavy atom. The zero-order chi connectivity index (χ0) is 24.8. The van der Waals surface area contributed by atoms with Gasteiger partial charge in [0.05, 0.1) is 41.9 Å². The van der Waals surface area contributed by atoms with Crippen LogP contribution in [0.3, 0.4) is 0 Å². The normalized spacial score (nSPS) is 18.5. The van der Waals surface area contributed by atoms with E-state index >= 15 is 0 Å². The van der Waals surface area contributed by atoms with Crippen LogP contribution in [-0.2, 0) is 29.1 Å². The summed E-state index contributed by atoms with van der Waals surface area (Å²) in [6.45, 7) is 2.18. The van der Waals surface area contributed by atoms with Gasteiger partial charge in [0.25, 0.3) is 0 Å². The predicted molar refractivity (Wildman–Crippen MR) is 120 cm³/mol. The lowest BCUT2D eigenvalue weighted by atomic mass is 10.0. The molecule has 1 atom stereocenters. The number of carbonyl (C=O) groups excluding carboxylic acids is 1. The van der Waals surface area contributed by atoms with Gasteiger partial charge >= 0.3 is 12.2 Å². The van der Waals surface area contributed by atoms with Crippen molar-refractivity contribution >= 4 is 39.0 Å². The molecular weight excluding hydrogens is 497 g/mol. The Kier molecular flexibility index (Phi) is 6.27. The SMILES string of the molecule is C[C@@H](Nc1nc(Cl)nc2c1CN(C(=O)N1CCS(=O)(=O)CC1)C2)c1cc(N)cc(C(F)(F)F)c1. The largest absolute Gasteiger partial charge is 0.416 e. The molecule has 1 aromatic heterocycles. The molecule has 2 aromatic rings. The number of rotatable bonds is 3. The van der Waals surface area contributed by atoms with Gasteiger partial charge in [-0.25, -0.2) is 23.2 Å². The topological polar surface area (TPSA) is 122 Å². The Balaban J connectivity index is 1.54. The Hall–Kier alpha value is -2.80. The summed E-state index contributed by atoms with van der Waals surface area (Å²) in [4.78, 5) is 24.3. The maximum absolute atomic E-state index is 13.2. The highest BCUT2D eigenvalue weighted by atomic mass is 35.5. The second-order valence-corrected chi connectivity index (χ2v) is 10.9. The molecule has 2 aliphatic heterocycles. The molecule has 2 aliphatic rings. The quantitative estimate of drug-likeness (QED) is 0.473. The summed E-state index contributed by atoms with van der Waals surface area (Å²) in [5, 5.41) is 2.99. The third kappa shape index (κ3) is 5.14. The molecule has 34 heavy (non-hydrogen) atoms. The number of halogens is 4. The zero-order valence-corrected chi connectivity index (χ0v) is 19.6. The van der Waals surface area contributed by atoms with Crippen molar-refractivity contribution in [3.05, 3.63) is 45.9 Å². The van der Waals surface area contributed by atoms with E-state index in [0.29, 0.717) is 22.6 Å². The van der Waals surface area contributed by atoms with Crippen LogP contribution >= 0.6 is 11.6 Å². The van der Waals surface area contributed by atoms with E-state index in [1.165, 1.54) is 15.9 Å². The molecule has 1 saturated heterocycles. The zero-order valence-electron chi connectivity index (χ0n) is 18.1. The number of nitrogen functional groups attached to an aromatic ring is 1. The number of fused-ring (bicyclic) bond motifs is 1. The molecule has 3 heterocycles. The highest BCUT2D eigenvalue weighted by Crippen LogP contribution is 2.35. The van der Waals surface area contributed by atoms with Crippen LogP contribution < -0.4 is 11.1 Å². The summed E-state index contributed by atoms with van der Waals surface area (Å²) in [6.07, 6.45) is -4.54. The number of carbonyl (C=O) groups is 1. The van der Waals surface area contributed by atoms with Gasteiger partial charge in [0.2, 0.25) is 5.28 Å². The Morgan fingerprint density at radius 1 is 1.15 bits per heavy atom. The molecule has 3 N–H and O–H groups in total. The van der Waals surface area contributed by atoms with Gasteiger partial charge in [0.15, 0.2) is 9.84 Å². The van der Waals surface area contributed by atoms with Gasteiger partial charge in [-0.3, -0.25) is 0 Å². The fraction of sp³-hybridized carbons (Fsp3) is 0.450. The Morgan fingerprint density at radius 3 is 2.47 bits per heavy atom. The van der Waals surface area contributed by atoms with E-state index in [-0.39, 0.29) is 54.7 Å². The number of benzene rings is 1. The maximum Gasteiger partial charge on any atom is 0.416 e. The summed E-state index contributed by atoms with van der Waals surface area (Å²) in [5.41, 5.74) is 6.20. The van der Waals surface area contributed by atoms with Crippen molar-refractivity contribution in [3.63, 3.8) is 0 Å². The van der Waals surface area contributed by atoms with E-state index in [0.717, 1.165) is 12.1 Å². The van der Waals surface area contributed by atoms with Crippen LogP contribution in [-0.4, -0.2) is 58.8 Å². The summed E-state index contributed by atoms with van der Waals surface area (Å²) in [7, 11) is -3.14. The molecule has 0 unspecified atom stereocenters. The van der Waals surface area contributed by atoms with E-state index in [2.05, 4.69) is 15.3 Å². The van der Waals surface area contributed by atoms with Crippen molar-refractivity contribution < 1.29 is 26.4 Å². The third-order valence-electron chi connectivity index (χ3n) is 5.80. The highest BCUT2D eigenvalue weighted by molar-refractivity contribution is 7.91. The molecule has 0 spiro atoms. The first-order valence-electron chi connectivity index (χ1n) is 10.4. The molecule has 2 amide bonds. The molecule has 0 bridgehead atoms. The van der Waals surface area contributed by atoms with E-state index in [1.807, 2.05) is 0 Å². The highest BCUT2D eigenvalue weighted by Gasteiger charge is 2.34. The van der Waals surface area contributed by atoms with Gasteiger partial charge in [-0.05, 0) is 42.3 Å². The predicted octanol–water partition coefficient (Wildman–Crippen LogP) is 3.07. The fourth-order valence-corrected chi connectivity index (χ4v) is 5.35. The van der Waals surface area contributed by atoms with Crippen molar-refractivity contribution in [2.24, 2.45) is 0 Å². The average molecular weight is 519 g/mol. The molecule has 0 radical (unpaired) electrons. The third-order valence-corrected chi connectivity index (χ3v) is 7.58. The molecule has 4 rings (SSSR count). The number of amides is 2. The lowest BCUT2D eigenvalue weighted by molar-refractivity contribution is -0.137.